The predicted molar refractivity (Wildman–Crippen MR) is 69.1 cm³/mol. The summed E-state index contributed by atoms with van der Waals surface area (Å²) in [6, 6.07) is 9.54. The number of carbonyl (C=O) groups excluding carboxylic acids is 1. The number of anilines is 1. The molecule has 1 amide bonds. The van der Waals surface area contributed by atoms with Crippen LogP contribution >= 0.6 is 0 Å². The topological polar surface area (TPSA) is 35.9 Å². The Hall–Kier alpha value is -1.68. The zero-order valence-corrected chi connectivity index (χ0v) is 10.4. The second kappa shape index (κ2) is 4.67. The number of hydrogen-bond donors (Lipinski definition) is 0. The normalized spacial score (nSPS) is 20.0. The number of rotatable bonds is 3. The fraction of sp³-hybridized carbons (Fsp3) is 0.385. The molecule has 4 heteroatoms. The lowest BCUT2D eigenvalue weighted by atomic mass is 10.0. The predicted octanol–water partition coefficient (Wildman–Crippen LogP) is 1.59. The molecule has 1 aliphatic rings. The molecule has 0 bridgehead atoms. The van der Waals surface area contributed by atoms with Gasteiger partial charge in [0.05, 0.1) is 11.6 Å². The lowest BCUT2D eigenvalue weighted by molar-refractivity contribution is -0.120. The van der Waals surface area contributed by atoms with E-state index >= 15 is 0 Å². The average molecular weight is 231 g/mol. The second-order valence-corrected chi connectivity index (χ2v) is 4.54. The minimum atomic E-state index is -0.120. The number of hydrazone groups is 1. The van der Waals surface area contributed by atoms with Gasteiger partial charge in [0.1, 0.15) is 0 Å². The summed E-state index contributed by atoms with van der Waals surface area (Å²) in [5.74, 6) is -0.0624. The van der Waals surface area contributed by atoms with Crippen molar-refractivity contribution in [3.05, 3.63) is 30.3 Å². The van der Waals surface area contributed by atoms with Gasteiger partial charge in [-0.3, -0.25) is 4.79 Å². The lowest BCUT2D eigenvalue weighted by Crippen LogP contribution is -2.34. The van der Waals surface area contributed by atoms with Gasteiger partial charge in [0, 0.05) is 12.3 Å². The van der Waals surface area contributed by atoms with Gasteiger partial charge in [0.2, 0.25) is 0 Å². The van der Waals surface area contributed by atoms with Crippen LogP contribution in [0.4, 0.5) is 5.69 Å². The van der Waals surface area contributed by atoms with Crippen LogP contribution in [0.1, 0.15) is 6.92 Å². The highest BCUT2D eigenvalue weighted by atomic mass is 16.2. The summed E-state index contributed by atoms with van der Waals surface area (Å²) in [6.07, 6.45) is 0. The van der Waals surface area contributed by atoms with E-state index in [9.17, 15) is 4.79 Å². The Morgan fingerprint density at radius 2 is 1.94 bits per heavy atom. The Labute approximate surface area is 102 Å². The van der Waals surface area contributed by atoms with E-state index in [1.807, 2.05) is 56.3 Å². The van der Waals surface area contributed by atoms with Gasteiger partial charge >= 0.3 is 0 Å². The fourth-order valence-electron chi connectivity index (χ4n) is 1.93. The molecule has 1 heterocycles. The highest BCUT2D eigenvalue weighted by Crippen LogP contribution is 2.23. The summed E-state index contributed by atoms with van der Waals surface area (Å²) >= 11 is 0. The molecule has 2 rings (SSSR count). The maximum Gasteiger partial charge on any atom is 0.257 e. The number of nitrogens with zero attached hydrogens (tertiary/aromatic N) is 3. The monoisotopic (exact) mass is 231 g/mol. The molecule has 4 nitrogen and oxygen atoms in total. The van der Waals surface area contributed by atoms with E-state index in [0.29, 0.717) is 6.54 Å². The first-order valence-electron chi connectivity index (χ1n) is 5.68. The summed E-state index contributed by atoms with van der Waals surface area (Å²) in [6.45, 7) is 2.62. The molecule has 0 radical (unpaired) electrons. The number of benzene rings is 1. The molecule has 0 unspecified atom stereocenters. The minimum Gasteiger partial charge on any atom is -0.308 e. The highest BCUT2D eigenvalue weighted by molar-refractivity contribution is 6.14. The van der Waals surface area contributed by atoms with Crippen LogP contribution in [0.5, 0.6) is 0 Å². The van der Waals surface area contributed by atoms with Gasteiger partial charge in [0.15, 0.2) is 0 Å². The standard InChI is InChI=1S/C13H17N3O/c1-10-12(9-15(2)3)13(17)16(14-10)11-7-5-4-6-8-11/h4-8,12H,9H2,1-3H3/t12-/m1/s1. The average Bonchev–Trinajstić information content (AvgIpc) is 2.58. The number of amides is 1. The Morgan fingerprint density at radius 1 is 1.29 bits per heavy atom. The summed E-state index contributed by atoms with van der Waals surface area (Å²) in [5.41, 5.74) is 1.71. The van der Waals surface area contributed by atoms with E-state index in [1.165, 1.54) is 5.01 Å². The van der Waals surface area contributed by atoms with Crippen molar-refractivity contribution in [2.45, 2.75) is 6.92 Å². The van der Waals surface area contributed by atoms with E-state index in [1.54, 1.807) is 0 Å². The first-order chi connectivity index (χ1) is 8.09. The van der Waals surface area contributed by atoms with Crippen LogP contribution in [-0.4, -0.2) is 37.2 Å². The molecule has 0 saturated carbocycles. The Morgan fingerprint density at radius 3 is 2.53 bits per heavy atom. The van der Waals surface area contributed by atoms with Crippen molar-refractivity contribution in [1.82, 2.24) is 4.90 Å². The van der Waals surface area contributed by atoms with Crippen molar-refractivity contribution >= 4 is 17.3 Å². The van der Waals surface area contributed by atoms with Crippen LogP contribution in [0, 0.1) is 5.92 Å². The molecule has 0 aromatic heterocycles. The van der Waals surface area contributed by atoms with Crippen LogP contribution in [0.25, 0.3) is 0 Å². The van der Waals surface area contributed by atoms with Gasteiger partial charge in [-0.25, -0.2) is 5.01 Å². The van der Waals surface area contributed by atoms with Crippen molar-refractivity contribution < 1.29 is 4.79 Å². The van der Waals surface area contributed by atoms with Gasteiger partial charge in [0.25, 0.3) is 5.91 Å². The van der Waals surface area contributed by atoms with Gasteiger partial charge < -0.3 is 4.90 Å². The number of hydrogen-bond acceptors (Lipinski definition) is 3. The van der Waals surface area contributed by atoms with Gasteiger partial charge in [-0.1, -0.05) is 18.2 Å². The number of para-hydroxylation sites is 1. The molecule has 0 spiro atoms. The SMILES string of the molecule is CC1=NN(c2ccccc2)C(=O)[C@@H]1CN(C)C. The van der Waals surface area contributed by atoms with Crippen molar-refractivity contribution in [2.75, 3.05) is 25.6 Å². The smallest absolute Gasteiger partial charge is 0.257 e. The summed E-state index contributed by atoms with van der Waals surface area (Å²) in [4.78, 5) is 14.2. The molecule has 90 valence electrons. The van der Waals surface area contributed by atoms with Gasteiger partial charge in [-0.2, -0.15) is 5.10 Å². The first kappa shape index (κ1) is 11.8. The molecule has 17 heavy (non-hydrogen) atoms. The first-order valence-corrected chi connectivity index (χ1v) is 5.68. The third kappa shape index (κ3) is 2.36. The van der Waals surface area contributed by atoms with Crippen molar-refractivity contribution in [3.8, 4) is 0 Å². The van der Waals surface area contributed by atoms with Crippen LogP contribution in [0.15, 0.2) is 35.4 Å². The van der Waals surface area contributed by atoms with Gasteiger partial charge in [-0.15, -0.1) is 0 Å². The minimum absolute atomic E-state index is 0.0578. The summed E-state index contributed by atoms with van der Waals surface area (Å²) < 4.78 is 0. The zero-order chi connectivity index (χ0) is 12.4. The molecule has 1 aromatic rings. The summed E-state index contributed by atoms with van der Waals surface area (Å²) in [5, 5.41) is 5.85. The largest absolute Gasteiger partial charge is 0.308 e. The molecule has 0 aliphatic carbocycles. The maximum absolute atomic E-state index is 12.2. The molecular weight excluding hydrogens is 214 g/mol. The van der Waals surface area contributed by atoms with Crippen LogP contribution in [0.3, 0.4) is 0 Å². The quantitative estimate of drug-likeness (QED) is 0.792. The summed E-state index contributed by atoms with van der Waals surface area (Å²) in [7, 11) is 3.93. The Kier molecular flexibility index (Phi) is 3.24. The highest BCUT2D eigenvalue weighted by Gasteiger charge is 2.34. The third-order valence-corrected chi connectivity index (χ3v) is 2.82. The molecule has 1 aromatic carbocycles. The third-order valence-electron chi connectivity index (χ3n) is 2.82. The Bertz CT molecular complexity index is 439. The van der Waals surface area contributed by atoms with Crippen molar-refractivity contribution in [3.63, 3.8) is 0 Å². The molecular formula is C13H17N3O. The Balaban J connectivity index is 2.22. The van der Waals surface area contributed by atoms with Gasteiger partial charge in [-0.05, 0) is 33.2 Å². The van der Waals surface area contributed by atoms with E-state index in [2.05, 4.69) is 5.10 Å². The zero-order valence-electron chi connectivity index (χ0n) is 10.4. The van der Waals surface area contributed by atoms with Crippen LogP contribution in [-0.2, 0) is 4.79 Å². The molecule has 0 fully saturated rings. The van der Waals surface area contributed by atoms with E-state index < -0.39 is 0 Å². The van der Waals surface area contributed by atoms with Crippen LogP contribution < -0.4 is 5.01 Å². The molecule has 0 saturated heterocycles. The molecule has 1 atom stereocenters. The number of carbonyl (C=O) groups is 1. The van der Waals surface area contributed by atoms with Crippen molar-refractivity contribution in [1.29, 1.82) is 0 Å². The molecule has 1 aliphatic heterocycles. The molecule has 0 N–H and O–H groups in total. The fourth-order valence-corrected chi connectivity index (χ4v) is 1.93. The van der Waals surface area contributed by atoms with Crippen LogP contribution in [0.2, 0.25) is 0 Å². The second-order valence-electron chi connectivity index (χ2n) is 4.54. The van der Waals surface area contributed by atoms with E-state index in [0.717, 1.165) is 11.4 Å². The lowest BCUT2D eigenvalue weighted by Gasteiger charge is -2.17. The van der Waals surface area contributed by atoms with Crippen molar-refractivity contribution in [2.24, 2.45) is 11.0 Å². The van der Waals surface area contributed by atoms with E-state index in [4.69, 9.17) is 0 Å². The maximum atomic E-state index is 12.2. The van der Waals surface area contributed by atoms with E-state index in [-0.39, 0.29) is 11.8 Å².